The molecule has 1 aliphatic heterocycles. The Balaban J connectivity index is 1.65. The van der Waals surface area contributed by atoms with Gasteiger partial charge >= 0.3 is 5.89 Å². The van der Waals surface area contributed by atoms with E-state index in [1.165, 1.54) is 28.2 Å². The topological polar surface area (TPSA) is 42.3 Å². The first-order valence-electron chi connectivity index (χ1n) is 12.7. The van der Waals surface area contributed by atoms with E-state index in [0.717, 1.165) is 45.9 Å². The number of aromatic nitrogens is 2. The Bertz CT molecular complexity index is 1750. The summed E-state index contributed by atoms with van der Waals surface area (Å²) in [5.41, 5.74) is 7.73. The second-order valence-electron chi connectivity index (χ2n) is 9.15. The van der Waals surface area contributed by atoms with Crippen LogP contribution >= 0.6 is 11.3 Å². The van der Waals surface area contributed by atoms with E-state index in [-0.39, 0.29) is 5.56 Å². The number of aryl methyl sites for hydroxylation is 3. The number of anilines is 1. The number of benzene rings is 2. The van der Waals surface area contributed by atoms with Gasteiger partial charge in [-0.15, -0.1) is 17.9 Å². The van der Waals surface area contributed by atoms with Crippen LogP contribution < -0.4 is 24.2 Å². The second kappa shape index (κ2) is 10.2. The van der Waals surface area contributed by atoms with Crippen molar-refractivity contribution in [3.8, 4) is 0 Å². The molecule has 0 spiro atoms. The molecule has 2 aromatic carbocycles. The van der Waals surface area contributed by atoms with Gasteiger partial charge in [0.25, 0.3) is 11.1 Å². The predicted octanol–water partition coefficient (Wildman–Crippen LogP) is 4.81. The molecule has 0 fully saturated rings. The van der Waals surface area contributed by atoms with Crippen LogP contribution in [0.3, 0.4) is 0 Å². The normalized spacial score (nSPS) is 15.2. The van der Waals surface area contributed by atoms with Gasteiger partial charge in [-0.3, -0.25) is 9.36 Å². The van der Waals surface area contributed by atoms with E-state index >= 15 is 0 Å². The van der Waals surface area contributed by atoms with Crippen LogP contribution in [-0.4, -0.2) is 11.1 Å². The molecule has 1 aliphatic rings. The molecule has 0 bridgehead atoms. The zero-order valence-corrected chi connectivity index (χ0v) is 22.6. The van der Waals surface area contributed by atoms with Crippen LogP contribution in [0.2, 0.25) is 0 Å². The van der Waals surface area contributed by atoms with Crippen LogP contribution in [0.4, 0.5) is 5.69 Å². The molecular weight excluding hydrogens is 478 g/mol. The van der Waals surface area contributed by atoms with Gasteiger partial charge in [-0.25, -0.2) is 0 Å². The molecular formula is C31H32N3O2S+. The van der Waals surface area contributed by atoms with Crippen molar-refractivity contribution in [1.29, 1.82) is 0 Å². The van der Waals surface area contributed by atoms with Crippen molar-refractivity contribution in [2.24, 2.45) is 0 Å². The number of thiazole rings is 1. The first-order valence-corrected chi connectivity index (χ1v) is 13.5. The minimum atomic E-state index is -0.0258. The molecule has 0 radical (unpaired) electrons. The average Bonchev–Trinajstić information content (AvgIpc) is 3.38. The quantitative estimate of drug-likeness (QED) is 0.276. The molecule has 0 N–H and O–H groups in total. The van der Waals surface area contributed by atoms with Crippen LogP contribution in [0.1, 0.15) is 36.4 Å². The molecule has 37 heavy (non-hydrogen) atoms. The van der Waals surface area contributed by atoms with Gasteiger partial charge in [0.1, 0.15) is 11.2 Å². The van der Waals surface area contributed by atoms with Crippen LogP contribution in [0.25, 0.3) is 28.8 Å². The highest BCUT2D eigenvalue weighted by Gasteiger charge is 2.21. The van der Waals surface area contributed by atoms with Gasteiger partial charge in [-0.05, 0) is 68.7 Å². The van der Waals surface area contributed by atoms with Crippen molar-refractivity contribution in [2.45, 2.75) is 40.8 Å². The Kier molecular flexibility index (Phi) is 6.85. The number of hydrogen-bond acceptors (Lipinski definition) is 4. The predicted molar refractivity (Wildman–Crippen MR) is 154 cm³/mol. The van der Waals surface area contributed by atoms with Crippen LogP contribution in [-0.2, 0) is 13.1 Å². The molecule has 0 atom stereocenters. The summed E-state index contributed by atoms with van der Waals surface area (Å²) < 4.78 is 11.7. The van der Waals surface area contributed by atoms with Crippen molar-refractivity contribution < 1.29 is 8.98 Å². The zero-order valence-electron chi connectivity index (χ0n) is 21.8. The maximum atomic E-state index is 13.4. The summed E-state index contributed by atoms with van der Waals surface area (Å²) in [6.45, 7) is 14.4. The highest BCUT2D eigenvalue weighted by molar-refractivity contribution is 7.07. The molecule has 4 aromatic rings. The number of fused-ring (bicyclic) bond motifs is 2. The second-order valence-corrected chi connectivity index (χ2v) is 10.2. The summed E-state index contributed by atoms with van der Waals surface area (Å²) >= 11 is 1.47. The van der Waals surface area contributed by atoms with Crippen LogP contribution in [0.5, 0.6) is 0 Å². The van der Waals surface area contributed by atoms with Crippen LogP contribution in [0, 0.1) is 13.8 Å². The highest BCUT2D eigenvalue weighted by Crippen LogP contribution is 2.32. The van der Waals surface area contributed by atoms with Gasteiger partial charge < -0.3 is 9.32 Å². The number of allylic oxidation sites excluding steroid dienone is 4. The van der Waals surface area contributed by atoms with Crippen molar-refractivity contribution >= 4 is 45.8 Å². The summed E-state index contributed by atoms with van der Waals surface area (Å²) in [7, 11) is 0. The van der Waals surface area contributed by atoms with E-state index in [0.29, 0.717) is 11.1 Å². The lowest BCUT2D eigenvalue weighted by molar-refractivity contribution is -0.674. The molecule has 0 unspecified atom stereocenters. The molecule has 0 saturated carbocycles. The summed E-state index contributed by atoms with van der Waals surface area (Å²) in [6.07, 6.45) is 11.9. The van der Waals surface area contributed by atoms with E-state index in [1.54, 1.807) is 10.6 Å². The van der Waals surface area contributed by atoms with Crippen LogP contribution in [0.15, 0.2) is 76.6 Å². The smallest absolute Gasteiger partial charge is 0.377 e. The average molecular weight is 511 g/mol. The van der Waals surface area contributed by atoms with Gasteiger partial charge in [0.15, 0.2) is 0 Å². The highest BCUT2D eigenvalue weighted by atomic mass is 32.1. The molecule has 0 aliphatic carbocycles. The minimum absolute atomic E-state index is 0.0258. The molecule has 0 saturated heterocycles. The number of rotatable bonds is 6. The number of nitrogens with zero attached hydrogens (tertiary/aromatic N) is 3. The third-order valence-corrected chi connectivity index (χ3v) is 7.95. The van der Waals surface area contributed by atoms with E-state index in [9.17, 15) is 4.79 Å². The van der Waals surface area contributed by atoms with Crippen molar-refractivity contribution in [3.05, 3.63) is 110 Å². The van der Waals surface area contributed by atoms with E-state index in [2.05, 4.69) is 86.3 Å². The fourth-order valence-electron chi connectivity index (χ4n) is 4.75. The molecule has 5 rings (SSSR count). The first kappa shape index (κ1) is 24.8. The van der Waals surface area contributed by atoms with E-state index < -0.39 is 0 Å². The monoisotopic (exact) mass is 510 g/mol. The lowest BCUT2D eigenvalue weighted by Gasteiger charge is -2.26. The van der Waals surface area contributed by atoms with Gasteiger partial charge in [0.2, 0.25) is 5.58 Å². The number of oxazole rings is 1. The maximum absolute atomic E-state index is 13.4. The van der Waals surface area contributed by atoms with Crippen molar-refractivity contribution in [1.82, 2.24) is 4.57 Å². The Hall–Kier alpha value is -3.90. The Labute approximate surface area is 220 Å². The molecule has 188 valence electrons. The maximum Gasteiger partial charge on any atom is 0.377 e. The summed E-state index contributed by atoms with van der Waals surface area (Å²) in [5, 5.41) is 0. The van der Waals surface area contributed by atoms with Gasteiger partial charge in [-0.2, -0.15) is 4.57 Å². The third kappa shape index (κ3) is 4.53. The van der Waals surface area contributed by atoms with E-state index in [1.807, 2.05) is 24.3 Å². The lowest BCUT2D eigenvalue weighted by Crippen LogP contribution is -2.35. The van der Waals surface area contributed by atoms with Gasteiger partial charge in [0.05, 0.1) is 10.6 Å². The molecule has 6 heteroatoms. The minimum Gasteiger partial charge on any atom is -0.398 e. The van der Waals surface area contributed by atoms with Gasteiger partial charge in [-0.1, -0.05) is 30.4 Å². The third-order valence-electron chi connectivity index (χ3n) is 6.87. The standard InChI is InChI=1S/C31H32N3O2S/c1-6-16-34-30(20-29-33(8-3)26-18-21(4)22(5)19-27(26)36-29)37-28(31(34)35)14-13-23-15-17-32(7-2)25-12-10-9-11-24(23)25/h6,9-15,17-20H,1,7-8,16H2,2-5H3/q+1. The molecule has 3 heterocycles. The Morgan fingerprint density at radius 2 is 1.89 bits per heavy atom. The molecule has 0 amide bonds. The number of para-hydroxylation sites is 1. The first-order chi connectivity index (χ1) is 17.9. The summed E-state index contributed by atoms with van der Waals surface area (Å²) in [4.78, 5) is 15.6. The van der Waals surface area contributed by atoms with Gasteiger partial charge in [0, 0.05) is 36.6 Å². The molecule has 5 nitrogen and oxygen atoms in total. The summed E-state index contributed by atoms with van der Waals surface area (Å²) in [6, 6.07) is 12.6. The lowest BCUT2D eigenvalue weighted by atomic mass is 9.99. The SMILES string of the molecule is C=CCn1c(=Cc2oc3cc(C)c(C)cc3[n+]2CC)sc(=CC=C2C=CN(CC)c3ccccc32)c1=O. The summed E-state index contributed by atoms with van der Waals surface area (Å²) in [5.74, 6) is 0.732. The largest absolute Gasteiger partial charge is 0.398 e. The Morgan fingerprint density at radius 1 is 1.11 bits per heavy atom. The fraction of sp³-hybridized carbons (Fsp3) is 0.226. The Morgan fingerprint density at radius 3 is 2.65 bits per heavy atom. The van der Waals surface area contributed by atoms with Crippen molar-refractivity contribution in [3.63, 3.8) is 0 Å². The number of hydrogen-bond donors (Lipinski definition) is 0. The zero-order chi connectivity index (χ0) is 26.1. The fourth-order valence-corrected chi connectivity index (χ4v) is 5.73. The molecule has 2 aromatic heterocycles. The van der Waals surface area contributed by atoms with Crippen molar-refractivity contribution in [2.75, 3.05) is 11.4 Å². The van der Waals surface area contributed by atoms with E-state index in [4.69, 9.17) is 4.42 Å².